The number of halogens is 2. The Labute approximate surface area is 102 Å². The van der Waals surface area contributed by atoms with Gasteiger partial charge in [0, 0.05) is 19.3 Å². The van der Waals surface area contributed by atoms with E-state index in [0.29, 0.717) is 5.52 Å². The lowest BCUT2D eigenvalue weighted by atomic mass is 10.1. The zero-order chi connectivity index (χ0) is 11.8. The molecule has 0 amide bonds. The van der Waals surface area contributed by atoms with Gasteiger partial charge in [0.1, 0.15) is 11.3 Å². The van der Waals surface area contributed by atoms with Crippen LogP contribution in [0.25, 0.3) is 11.0 Å². The Morgan fingerprint density at radius 3 is 2.88 bits per heavy atom. The monoisotopic (exact) mass is 255 g/mol. The van der Waals surface area contributed by atoms with Crippen LogP contribution in [-0.4, -0.2) is 28.2 Å². The van der Waals surface area contributed by atoms with Crippen LogP contribution in [0.1, 0.15) is 18.9 Å². The molecule has 0 bridgehead atoms. The van der Waals surface area contributed by atoms with E-state index in [1.165, 1.54) is 6.07 Å². The molecule has 2 heterocycles. The largest absolute Gasteiger partial charge is 0.381 e. The highest BCUT2D eigenvalue weighted by atomic mass is 35.5. The zero-order valence-electron chi connectivity index (χ0n) is 9.07. The molecule has 1 aromatic carbocycles. The lowest BCUT2D eigenvalue weighted by molar-refractivity contribution is 0.0669. The summed E-state index contributed by atoms with van der Waals surface area (Å²) < 4.78 is 20.4. The molecule has 1 aliphatic rings. The van der Waals surface area contributed by atoms with Gasteiger partial charge in [-0.1, -0.05) is 16.8 Å². The molecular weight excluding hydrogens is 245 g/mol. The van der Waals surface area contributed by atoms with Crippen molar-refractivity contribution >= 4 is 22.6 Å². The minimum absolute atomic E-state index is 0.105. The third-order valence-electron chi connectivity index (χ3n) is 3.05. The van der Waals surface area contributed by atoms with E-state index < -0.39 is 5.82 Å². The van der Waals surface area contributed by atoms with E-state index in [0.717, 1.165) is 31.6 Å². The fraction of sp³-hybridized carbons (Fsp3) is 0.455. The first kappa shape index (κ1) is 10.9. The van der Waals surface area contributed by atoms with Crippen LogP contribution >= 0.6 is 11.6 Å². The SMILES string of the molecule is Fc1cc2nnn(C3CCOCC3)c2cc1Cl. The molecule has 6 heteroatoms. The first-order chi connectivity index (χ1) is 8.25. The number of nitrogens with zero attached hydrogens (tertiary/aromatic N) is 3. The maximum absolute atomic E-state index is 13.3. The Balaban J connectivity index is 2.07. The summed E-state index contributed by atoms with van der Waals surface area (Å²) in [5.74, 6) is -0.460. The zero-order valence-corrected chi connectivity index (χ0v) is 9.82. The number of hydrogen-bond donors (Lipinski definition) is 0. The molecule has 3 rings (SSSR count). The van der Waals surface area contributed by atoms with Crippen molar-refractivity contribution in [2.45, 2.75) is 18.9 Å². The fourth-order valence-electron chi connectivity index (χ4n) is 2.13. The summed E-state index contributed by atoms with van der Waals surface area (Å²) in [6, 6.07) is 3.16. The highest BCUT2D eigenvalue weighted by Crippen LogP contribution is 2.27. The molecule has 1 aromatic heterocycles. The lowest BCUT2D eigenvalue weighted by Gasteiger charge is -2.22. The maximum Gasteiger partial charge on any atom is 0.144 e. The molecule has 1 aliphatic heterocycles. The minimum Gasteiger partial charge on any atom is -0.381 e. The van der Waals surface area contributed by atoms with E-state index in [4.69, 9.17) is 16.3 Å². The minimum atomic E-state index is -0.460. The van der Waals surface area contributed by atoms with E-state index in [9.17, 15) is 4.39 Å². The standard InChI is InChI=1S/C11H11ClFN3O/c12-8-5-11-10(6-9(8)13)14-15-16(11)7-1-3-17-4-2-7/h5-7H,1-4H2. The smallest absolute Gasteiger partial charge is 0.144 e. The fourth-order valence-corrected chi connectivity index (χ4v) is 2.29. The number of aromatic nitrogens is 3. The Bertz CT molecular complexity index is 551. The summed E-state index contributed by atoms with van der Waals surface area (Å²) in [6.45, 7) is 1.45. The van der Waals surface area contributed by atoms with Gasteiger partial charge in [0.25, 0.3) is 0 Å². The number of hydrogen-bond acceptors (Lipinski definition) is 3. The topological polar surface area (TPSA) is 39.9 Å². The Hall–Kier alpha value is -1.20. The first-order valence-electron chi connectivity index (χ1n) is 5.53. The van der Waals surface area contributed by atoms with Crippen molar-refractivity contribution < 1.29 is 9.13 Å². The van der Waals surface area contributed by atoms with Crippen LogP contribution in [0.4, 0.5) is 4.39 Å². The molecule has 0 spiro atoms. The molecule has 0 saturated carbocycles. The third-order valence-corrected chi connectivity index (χ3v) is 3.34. The van der Waals surface area contributed by atoms with E-state index in [-0.39, 0.29) is 11.1 Å². The van der Waals surface area contributed by atoms with Crippen molar-refractivity contribution in [2.75, 3.05) is 13.2 Å². The molecule has 0 unspecified atom stereocenters. The molecule has 2 aromatic rings. The summed E-state index contributed by atoms with van der Waals surface area (Å²) in [4.78, 5) is 0. The van der Waals surface area contributed by atoms with Gasteiger partial charge in [-0.3, -0.25) is 0 Å². The average Bonchev–Trinajstić information content (AvgIpc) is 2.74. The summed E-state index contributed by atoms with van der Waals surface area (Å²) in [6.07, 6.45) is 1.79. The van der Waals surface area contributed by atoms with Crippen LogP contribution in [0.2, 0.25) is 5.02 Å². The lowest BCUT2D eigenvalue weighted by Crippen LogP contribution is -2.20. The van der Waals surface area contributed by atoms with Gasteiger partial charge < -0.3 is 4.74 Å². The van der Waals surface area contributed by atoms with Crippen molar-refractivity contribution in [3.05, 3.63) is 23.0 Å². The Kier molecular flexibility index (Phi) is 2.72. The van der Waals surface area contributed by atoms with Gasteiger partial charge in [-0.05, 0) is 18.9 Å². The van der Waals surface area contributed by atoms with E-state index in [1.807, 2.05) is 4.68 Å². The van der Waals surface area contributed by atoms with Crippen LogP contribution < -0.4 is 0 Å². The van der Waals surface area contributed by atoms with Gasteiger partial charge in [0.2, 0.25) is 0 Å². The van der Waals surface area contributed by atoms with Crippen LogP contribution in [0, 0.1) is 5.82 Å². The quantitative estimate of drug-likeness (QED) is 0.786. The average molecular weight is 256 g/mol. The number of ether oxygens (including phenoxy) is 1. The maximum atomic E-state index is 13.3. The van der Waals surface area contributed by atoms with Crippen molar-refractivity contribution in [1.29, 1.82) is 0 Å². The first-order valence-corrected chi connectivity index (χ1v) is 5.91. The highest BCUT2D eigenvalue weighted by Gasteiger charge is 2.19. The predicted molar refractivity (Wildman–Crippen MR) is 61.6 cm³/mol. The van der Waals surface area contributed by atoms with Crippen LogP contribution in [0.3, 0.4) is 0 Å². The molecule has 0 radical (unpaired) electrons. The molecule has 1 fully saturated rings. The molecule has 0 atom stereocenters. The Morgan fingerprint density at radius 1 is 1.35 bits per heavy atom. The summed E-state index contributed by atoms with van der Waals surface area (Å²) >= 11 is 5.79. The van der Waals surface area contributed by atoms with E-state index >= 15 is 0 Å². The van der Waals surface area contributed by atoms with Gasteiger partial charge in [0.05, 0.1) is 16.6 Å². The number of fused-ring (bicyclic) bond motifs is 1. The van der Waals surface area contributed by atoms with E-state index in [1.54, 1.807) is 6.07 Å². The molecular formula is C11H11ClFN3O. The van der Waals surface area contributed by atoms with Crippen molar-refractivity contribution in [2.24, 2.45) is 0 Å². The van der Waals surface area contributed by atoms with Crippen molar-refractivity contribution in [1.82, 2.24) is 15.0 Å². The van der Waals surface area contributed by atoms with Crippen LogP contribution in [0.15, 0.2) is 12.1 Å². The van der Waals surface area contributed by atoms with Crippen LogP contribution in [0.5, 0.6) is 0 Å². The second-order valence-electron chi connectivity index (χ2n) is 4.13. The second-order valence-corrected chi connectivity index (χ2v) is 4.54. The predicted octanol–water partition coefficient (Wildman–Crippen LogP) is 2.58. The third kappa shape index (κ3) is 1.89. The van der Waals surface area contributed by atoms with Gasteiger partial charge in [0.15, 0.2) is 0 Å². The van der Waals surface area contributed by atoms with Gasteiger partial charge in [-0.2, -0.15) is 0 Å². The van der Waals surface area contributed by atoms with Crippen molar-refractivity contribution in [3.8, 4) is 0 Å². The number of rotatable bonds is 1. The Morgan fingerprint density at radius 2 is 2.12 bits per heavy atom. The molecule has 0 N–H and O–H groups in total. The van der Waals surface area contributed by atoms with Gasteiger partial charge in [-0.25, -0.2) is 9.07 Å². The molecule has 17 heavy (non-hydrogen) atoms. The molecule has 1 saturated heterocycles. The van der Waals surface area contributed by atoms with Crippen molar-refractivity contribution in [3.63, 3.8) is 0 Å². The summed E-state index contributed by atoms with van der Waals surface area (Å²) in [5.41, 5.74) is 1.32. The molecule has 4 nitrogen and oxygen atoms in total. The highest BCUT2D eigenvalue weighted by molar-refractivity contribution is 6.31. The van der Waals surface area contributed by atoms with Gasteiger partial charge >= 0.3 is 0 Å². The van der Waals surface area contributed by atoms with Crippen LogP contribution in [-0.2, 0) is 4.74 Å². The number of benzene rings is 1. The second kappa shape index (κ2) is 4.23. The molecule has 90 valence electrons. The molecule has 0 aliphatic carbocycles. The van der Waals surface area contributed by atoms with Gasteiger partial charge in [-0.15, -0.1) is 5.10 Å². The summed E-state index contributed by atoms with van der Waals surface area (Å²) in [5, 5.41) is 8.16. The van der Waals surface area contributed by atoms with E-state index in [2.05, 4.69) is 10.3 Å². The summed E-state index contributed by atoms with van der Waals surface area (Å²) in [7, 11) is 0. The normalized spacial score (nSPS) is 17.8.